The van der Waals surface area contributed by atoms with Gasteiger partial charge >= 0.3 is 12.1 Å². The van der Waals surface area contributed by atoms with Crippen LogP contribution in [0.1, 0.15) is 32.6 Å². The Balaban J connectivity index is 1.64. The highest BCUT2D eigenvalue weighted by atomic mass is 19.4. The molecule has 2 fully saturated rings. The fourth-order valence-electron chi connectivity index (χ4n) is 3.24. The van der Waals surface area contributed by atoms with Crippen LogP contribution in [0.3, 0.4) is 0 Å². The lowest BCUT2D eigenvalue weighted by molar-refractivity contribution is -0.152. The molecule has 2 saturated heterocycles. The lowest BCUT2D eigenvalue weighted by Gasteiger charge is -2.32. The predicted molar refractivity (Wildman–Crippen MR) is 87.3 cm³/mol. The van der Waals surface area contributed by atoms with E-state index in [-0.39, 0.29) is 24.3 Å². The number of halogens is 3. The number of piperidine rings is 1. The van der Waals surface area contributed by atoms with Crippen LogP contribution in [-0.4, -0.2) is 68.4 Å². The van der Waals surface area contributed by atoms with Crippen LogP contribution in [0.25, 0.3) is 0 Å². The molecule has 0 aliphatic carbocycles. The van der Waals surface area contributed by atoms with Crippen molar-refractivity contribution in [1.82, 2.24) is 10.2 Å². The van der Waals surface area contributed by atoms with E-state index < -0.39 is 24.7 Å². The number of carbonyl (C=O) groups excluding carboxylic acids is 2. The summed E-state index contributed by atoms with van der Waals surface area (Å²) in [5.74, 6) is -0.764. The zero-order valence-corrected chi connectivity index (χ0v) is 15.0. The van der Waals surface area contributed by atoms with Gasteiger partial charge in [0.15, 0.2) is 0 Å². The standard InChI is InChI=1S/C17H27F3N2O4/c1-12(21-15(23)14-4-8-25-9-5-14)16(24)26-10-13-2-6-22(7-3-13)11-17(18,19)20/h12-14H,2-11H2,1H3,(H,21,23). The van der Waals surface area contributed by atoms with Gasteiger partial charge in [-0.15, -0.1) is 0 Å². The number of amides is 1. The van der Waals surface area contributed by atoms with E-state index >= 15 is 0 Å². The van der Waals surface area contributed by atoms with Crippen molar-refractivity contribution in [3.05, 3.63) is 0 Å². The summed E-state index contributed by atoms with van der Waals surface area (Å²) in [6.45, 7) is 2.64. The first-order valence-corrected chi connectivity index (χ1v) is 9.08. The van der Waals surface area contributed by atoms with Gasteiger partial charge in [0.05, 0.1) is 13.2 Å². The maximum atomic E-state index is 12.4. The highest BCUT2D eigenvalue weighted by Gasteiger charge is 2.33. The topological polar surface area (TPSA) is 67.9 Å². The Hall–Kier alpha value is -1.35. The molecule has 0 aromatic rings. The summed E-state index contributed by atoms with van der Waals surface area (Å²) in [5, 5.41) is 2.67. The molecule has 0 radical (unpaired) electrons. The number of ether oxygens (including phenoxy) is 2. The van der Waals surface area contributed by atoms with E-state index in [1.165, 1.54) is 4.90 Å². The van der Waals surface area contributed by atoms with E-state index in [0.29, 0.717) is 52.0 Å². The predicted octanol–water partition coefficient (Wildman–Crippen LogP) is 1.74. The average molecular weight is 380 g/mol. The number of hydrogen-bond acceptors (Lipinski definition) is 5. The summed E-state index contributed by atoms with van der Waals surface area (Å²) in [5.41, 5.74) is 0. The number of rotatable bonds is 6. The Morgan fingerprint density at radius 3 is 2.38 bits per heavy atom. The molecule has 150 valence electrons. The second-order valence-corrected chi connectivity index (χ2v) is 7.08. The first kappa shape index (κ1) is 21.0. The summed E-state index contributed by atoms with van der Waals surface area (Å²) >= 11 is 0. The summed E-state index contributed by atoms with van der Waals surface area (Å²) in [6.07, 6.45) is -1.77. The molecule has 1 N–H and O–H groups in total. The molecule has 2 rings (SSSR count). The van der Waals surface area contributed by atoms with E-state index in [9.17, 15) is 22.8 Å². The van der Waals surface area contributed by atoms with Crippen molar-refractivity contribution in [2.24, 2.45) is 11.8 Å². The zero-order valence-electron chi connectivity index (χ0n) is 15.0. The minimum Gasteiger partial charge on any atom is -0.464 e. The Labute approximate surface area is 151 Å². The average Bonchev–Trinajstić information content (AvgIpc) is 2.60. The molecule has 6 nitrogen and oxygen atoms in total. The quantitative estimate of drug-likeness (QED) is 0.711. The third-order valence-corrected chi connectivity index (χ3v) is 4.88. The highest BCUT2D eigenvalue weighted by Crippen LogP contribution is 2.22. The zero-order chi connectivity index (χ0) is 19.2. The summed E-state index contributed by atoms with van der Waals surface area (Å²) in [6, 6.07) is -0.740. The molecular weight excluding hydrogens is 353 g/mol. The molecule has 26 heavy (non-hydrogen) atoms. The van der Waals surface area contributed by atoms with Gasteiger partial charge in [0.1, 0.15) is 6.04 Å². The molecular formula is C17H27F3N2O4. The summed E-state index contributed by atoms with van der Waals surface area (Å²) < 4.78 is 47.6. The molecule has 0 aromatic carbocycles. The smallest absolute Gasteiger partial charge is 0.401 e. The molecule has 0 aromatic heterocycles. The SMILES string of the molecule is CC(NC(=O)C1CCOCC1)C(=O)OCC1CCN(CC(F)(F)F)CC1. The first-order valence-electron chi connectivity index (χ1n) is 9.08. The molecule has 1 atom stereocenters. The van der Waals surface area contributed by atoms with Crippen LogP contribution < -0.4 is 5.32 Å². The normalized spacial score (nSPS) is 22.0. The van der Waals surface area contributed by atoms with E-state index in [0.717, 1.165) is 0 Å². The van der Waals surface area contributed by atoms with Crippen molar-refractivity contribution < 1.29 is 32.2 Å². The van der Waals surface area contributed by atoms with E-state index in [1.807, 2.05) is 0 Å². The lowest BCUT2D eigenvalue weighted by atomic mass is 9.98. The van der Waals surface area contributed by atoms with Crippen molar-refractivity contribution in [2.45, 2.75) is 44.8 Å². The molecule has 1 amide bonds. The Bertz CT molecular complexity index is 473. The molecule has 1 unspecified atom stereocenters. The molecule has 2 heterocycles. The van der Waals surface area contributed by atoms with Crippen molar-refractivity contribution >= 4 is 11.9 Å². The molecule has 0 bridgehead atoms. The van der Waals surface area contributed by atoms with Crippen LogP contribution in [0.15, 0.2) is 0 Å². The summed E-state index contributed by atoms with van der Waals surface area (Å²) in [4.78, 5) is 25.5. The number of esters is 1. The van der Waals surface area contributed by atoms with Gasteiger partial charge in [-0.1, -0.05) is 0 Å². The Morgan fingerprint density at radius 1 is 1.19 bits per heavy atom. The van der Waals surface area contributed by atoms with Gasteiger partial charge < -0.3 is 14.8 Å². The van der Waals surface area contributed by atoms with Crippen molar-refractivity contribution in [1.29, 1.82) is 0 Å². The van der Waals surface area contributed by atoms with Crippen LogP contribution in [0.4, 0.5) is 13.2 Å². The largest absolute Gasteiger partial charge is 0.464 e. The van der Waals surface area contributed by atoms with Gasteiger partial charge in [-0.25, -0.2) is 4.79 Å². The van der Waals surface area contributed by atoms with E-state index in [4.69, 9.17) is 9.47 Å². The van der Waals surface area contributed by atoms with Crippen LogP contribution in [0, 0.1) is 11.8 Å². The first-order chi connectivity index (χ1) is 12.2. The monoisotopic (exact) mass is 380 g/mol. The number of likely N-dealkylation sites (tertiary alicyclic amines) is 1. The van der Waals surface area contributed by atoms with Crippen LogP contribution in [0.2, 0.25) is 0 Å². The Kier molecular flexibility index (Phi) is 7.69. The summed E-state index contributed by atoms with van der Waals surface area (Å²) in [7, 11) is 0. The molecule has 0 spiro atoms. The van der Waals surface area contributed by atoms with Gasteiger partial charge in [-0.3, -0.25) is 9.69 Å². The second kappa shape index (κ2) is 9.55. The van der Waals surface area contributed by atoms with Gasteiger partial charge in [-0.2, -0.15) is 13.2 Å². The van der Waals surface area contributed by atoms with E-state index in [2.05, 4.69) is 5.32 Å². The molecule has 9 heteroatoms. The van der Waals surface area contributed by atoms with Gasteiger partial charge in [-0.05, 0) is 51.6 Å². The third-order valence-electron chi connectivity index (χ3n) is 4.88. The third kappa shape index (κ3) is 7.11. The van der Waals surface area contributed by atoms with Gasteiger partial charge in [0.2, 0.25) is 5.91 Å². The highest BCUT2D eigenvalue weighted by molar-refractivity contribution is 5.85. The number of alkyl halides is 3. The van der Waals surface area contributed by atoms with Crippen LogP contribution in [0.5, 0.6) is 0 Å². The maximum Gasteiger partial charge on any atom is 0.401 e. The number of nitrogens with one attached hydrogen (secondary N) is 1. The minimum atomic E-state index is -4.18. The van der Waals surface area contributed by atoms with E-state index in [1.54, 1.807) is 6.92 Å². The second-order valence-electron chi connectivity index (χ2n) is 7.08. The van der Waals surface area contributed by atoms with Crippen molar-refractivity contribution in [3.8, 4) is 0 Å². The fraction of sp³-hybridized carbons (Fsp3) is 0.882. The number of nitrogens with zero attached hydrogens (tertiary/aromatic N) is 1. The number of hydrogen-bond donors (Lipinski definition) is 1. The number of carbonyl (C=O) groups is 2. The maximum absolute atomic E-state index is 12.4. The van der Waals surface area contributed by atoms with Crippen LogP contribution in [-0.2, 0) is 19.1 Å². The van der Waals surface area contributed by atoms with Crippen molar-refractivity contribution in [3.63, 3.8) is 0 Å². The molecule has 0 saturated carbocycles. The lowest BCUT2D eigenvalue weighted by Crippen LogP contribution is -2.44. The van der Waals surface area contributed by atoms with Crippen molar-refractivity contribution in [2.75, 3.05) is 39.5 Å². The molecule has 2 aliphatic rings. The van der Waals surface area contributed by atoms with Gasteiger partial charge in [0, 0.05) is 19.1 Å². The van der Waals surface area contributed by atoms with Gasteiger partial charge in [0.25, 0.3) is 0 Å². The Morgan fingerprint density at radius 2 is 1.81 bits per heavy atom. The fourth-order valence-corrected chi connectivity index (χ4v) is 3.24. The van der Waals surface area contributed by atoms with Crippen LogP contribution >= 0.6 is 0 Å². The minimum absolute atomic E-state index is 0.0572. The molecule has 2 aliphatic heterocycles.